The Morgan fingerprint density at radius 1 is 1.21 bits per heavy atom. The molecule has 1 atom stereocenters. The van der Waals surface area contributed by atoms with E-state index >= 15 is 0 Å². The zero-order valence-corrected chi connectivity index (χ0v) is 16.0. The van der Waals surface area contributed by atoms with Gasteiger partial charge in [0.2, 0.25) is 5.89 Å². The number of fused-ring (bicyclic) bond motifs is 1. The molecular formula is C19H23FN6O2. The largest absolute Gasteiger partial charge is 0.374 e. The normalized spacial score (nSPS) is 17.0. The van der Waals surface area contributed by atoms with Gasteiger partial charge < -0.3 is 14.2 Å². The van der Waals surface area contributed by atoms with Crippen LogP contribution >= 0.6 is 0 Å². The molecule has 0 spiro atoms. The lowest BCUT2D eigenvalue weighted by Gasteiger charge is -2.23. The average molecular weight is 386 g/mol. The molecule has 0 aliphatic carbocycles. The standard InChI is InChI=1S/C19H23FN6O2/c1-13(27-2)18-23-17(28-24-18)11-25-6-3-7-26(9-8-25)19-15-10-14(20)4-5-16(15)21-12-22-19/h4-5,10,12-13H,3,6-9,11H2,1-2H3. The zero-order valence-electron chi connectivity index (χ0n) is 16.0. The van der Waals surface area contributed by atoms with Crippen molar-refractivity contribution in [3.8, 4) is 0 Å². The van der Waals surface area contributed by atoms with E-state index in [1.807, 2.05) is 6.92 Å². The van der Waals surface area contributed by atoms with Gasteiger partial charge in [0.25, 0.3) is 0 Å². The Morgan fingerprint density at radius 2 is 2.11 bits per heavy atom. The summed E-state index contributed by atoms with van der Waals surface area (Å²) in [5.74, 6) is 1.64. The summed E-state index contributed by atoms with van der Waals surface area (Å²) in [4.78, 5) is 17.6. The molecule has 1 fully saturated rings. The van der Waals surface area contributed by atoms with Crippen LogP contribution in [0.15, 0.2) is 29.0 Å². The van der Waals surface area contributed by atoms with E-state index in [1.54, 1.807) is 13.2 Å². The lowest BCUT2D eigenvalue weighted by Crippen LogP contribution is -2.31. The van der Waals surface area contributed by atoms with Crippen LogP contribution in [-0.2, 0) is 11.3 Å². The highest BCUT2D eigenvalue weighted by molar-refractivity contribution is 5.89. The monoisotopic (exact) mass is 386 g/mol. The Labute approximate surface area is 162 Å². The fraction of sp³-hybridized carbons (Fsp3) is 0.474. The number of methoxy groups -OCH3 is 1. The van der Waals surface area contributed by atoms with Gasteiger partial charge in [0.1, 0.15) is 24.1 Å². The summed E-state index contributed by atoms with van der Waals surface area (Å²) in [6.07, 6.45) is 2.30. The van der Waals surface area contributed by atoms with Crippen molar-refractivity contribution in [1.29, 1.82) is 0 Å². The minimum Gasteiger partial charge on any atom is -0.374 e. The highest BCUT2D eigenvalue weighted by Crippen LogP contribution is 2.25. The van der Waals surface area contributed by atoms with Crippen molar-refractivity contribution in [3.05, 3.63) is 42.1 Å². The van der Waals surface area contributed by atoms with E-state index in [2.05, 4.69) is 29.9 Å². The lowest BCUT2D eigenvalue weighted by atomic mass is 10.2. The van der Waals surface area contributed by atoms with Crippen LogP contribution < -0.4 is 4.90 Å². The van der Waals surface area contributed by atoms with E-state index < -0.39 is 0 Å². The summed E-state index contributed by atoms with van der Waals surface area (Å²) in [6.45, 7) is 5.82. The van der Waals surface area contributed by atoms with Gasteiger partial charge in [-0.2, -0.15) is 4.98 Å². The maximum Gasteiger partial charge on any atom is 0.240 e. The first kappa shape index (κ1) is 18.7. The molecule has 1 unspecified atom stereocenters. The molecule has 0 bridgehead atoms. The van der Waals surface area contributed by atoms with Crippen LogP contribution in [0.25, 0.3) is 10.9 Å². The van der Waals surface area contributed by atoms with Gasteiger partial charge in [-0.15, -0.1) is 0 Å². The van der Waals surface area contributed by atoms with Gasteiger partial charge in [0.05, 0.1) is 12.1 Å². The van der Waals surface area contributed by atoms with Gasteiger partial charge in [-0.3, -0.25) is 4.90 Å². The first-order valence-electron chi connectivity index (χ1n) is 9.37. The van der Waals surface area contributed by atoms with Crippen molar-refractivity contribution in [1.82, 2.24) is 25.0 Å². The molecule has 1 aromatic carbocycles. The SMILES string of the molecule is COC(C)c1noc(CN2CCCN(c3ncnc4ccc(F)cc34)CC2)n1. The van der Waals surface area contributed by atoms with Gasteiger partial charge in [-0.25, -0.2) is 14.4 Å². The van der Waals surface area contributed by atoms with Crippen LogP contribution in [-0.4, -0.2) is 58.3 Å². The van der Waals surface area contributed by atoms with Gasteiger partial charge in [0, 0.05) is 38.7 Å². The third-order valence-corrected chi connectivity index (χ3v) is 5.02. The summed E-state index contributed by atoms with van der Waals surface area (Å²) in [6, 6.07) is 4.62. The Kier molecular flexibility index (Phi) is 5.45. The number of nitrogens with zero attached hydrogens (tertiary/aromatic N) is 6. The minimum atomic E-state index is -0.280. The van der Waals surface area contributed by atoms with Crippen molar-refractivity contribution in [2.75, 3.05) is 38.2 Å². The van der Waals surface area contributed by atoms with Gasteiger partial charge in [-0.05, 0) is 31.5 Å². The van der Waals surface area contributed by atoms with Crippen molar-refractivity contribution in [2.24, 2.45) is 0 Å². The molecule has 1 aliphatic rings. The smallest absolute Gasteiger partial charge is 0.240 e. The third-order valence-electron chi connectivity index (χ3n) is 5.02. The second-order valence-electron chi connectivity index (χ2n) is 6.90. The van der Waals surface area contributed by atoms with E-state index in [-0.39, 0.29) is 11.9 Å². The van der Waals surface area contributed by atoms with Crippen LogP contribution in [0.1, 0.15) is 31.2 Å². The van der Waals surface area contributed by atoms with E-state index in [0.717, 1.165) is 49.3 Å². The fourth-order valence-corrected chi connectivity index (χ4v) is 3.40. The number of rotatable bonds is 5. The van der Waals surface area contributed by atoms with Gasteiger partial charge in [-0.1, -0.05) is 5.16 Å². The highest BCUT2D eigenvalue weighted by atomic mass is 19.1. The molecule has 1 aliphatic heterocycles. The summed E-state index contributed by atoms with van der Waals surface area (Å²) < 4.78 is 24.3. The molecule has 9 heteroatoms. The molecule has 8 nitrogen and oxygen atoms in total. The summed E-state index contributed by atoms with van der Waals surface area (Å²) in [5, 5.41) is 4.72. The van der Waals surface area contributed by atoms with Crippen LogP contribution in [0.5, 0.6) is 0 Å². The van der Waals surface area contributed by atoms with Gasteiger partial charge >= 0.3 is 0 Å². The van der Waals surface area contributed by atoms with Crippen molar-refractivity contribution in [2.45, 2.75) is 26.0 Å². The molecule has 0 saturated carbocycles. The Morgan fingerprint density at radius 3 is 2.96 bits per heavy atom. The molecule has 28 heavy (non-hydrogen) atoms. The summed E-state index contributed by atoms with van der Waals surface area (Å²) >= 11 is 0. The number of halogens is 1. The minimum absolute atomic E-state index is 0.191. The fourth-order valence-electron chi connectivity index (χ4n) is 3.40. The average Bonchev–Trinajstić information content (AvgIpc) is 3.05. The summed E-state index contributed by atoms with van der Waals surface area (Å²) in [7, 11) is 1.62. The lowest BCUT2D eigenvalue weighted by molar-refractivity contribution is 0.109. The van der Waals surface area contributed by atoms with Crippen molar-refractivity contribution < 1.29 is 13.7 Å². The molecule has 0 N–H and O–H groups in total. The summed E-state index contributed by atoms with van der Waals surface area (Å²) in [5.41, 5.74) is 0.748. The molecule has 1 saturated heterocycles. The first-order chi connectivity index (χ1) is 13.6. The molecule has 2 aromatic heterocycles. The van der Waals surface area contributed by atoms with Crippen LogP contribution in [0.3, 0.4) is 0 Å². The topological polar surface area (TPSA) is 80.4 Å². The number of hydrogen-bond donors (Lipinski definition) is 0. The van der Waals surface area contributed by atoms with E-state index in [0.29, 0.717) is 18.3 Å². The zero-order chi connectivity index (χ0) is 19.5. The number of hydrogen-bond acceptors (Lipinski definition) is 8. The second kappa shape index (κ2) is 8.15. The highest BCUT2D eigenvalue weighted by Gasteiger charge is 2.21. The van der Waals surface area contributed by atoms with E-state index in [1.165, 1.54) is 18.5 Å². The molecule has 4 rings (SSSR count). The molecule has 3 heterocycles. The van der Waals surface area contributed by atoms with Crippen molar-refractivity contribution in [3.63, 3.8) is 0 Å². The third kappa shape index (κ3) is 3.95. The molecular weight excluding hydrogens is 363 g/mol. The number of anilines is 1. The van der Waals surface area contributed by atoms with Crippen molar-refractivity contribution >= 4 is 16.7 Å². The van der Waals surface area contributed by atoms with E-state index in [9.17, 15) is 4.39 Å². The van der Waals surface area contributed by atoms with E-state index in [4.69, 9.17) is 9.26 Å². The van der Waals surface area contributed by atoms with Crippen LogP contribution in [0, 0.1) is 5.82 Å². The predicted molar refractivity (Wildman–Crippen MR) is 101 cm³/mol. The Balaban J connectivity index is 1.46. The van der Waals surface area contributed by atoms with Gasteiger partial charge in [0.15, 0.2) is 5.82 Å². The maximum atomic E-state index is 13.7. The molecule has 0 amide bonds. The number of ether oxygens (including phenoxy) is 1. The van der Waals surface area contributed by atoms with Crippen LogP contribution in [0.4, 0.5) is 10.2 Å². The van der Waals surface area contributed by atoms with Crippen LogP contribution in [0.2, 0.25) is 0 Å². The quantitative estimate of drug-likeness (QED) is 0.662. The molecule has 0 radical (unpaired) electrons. The first-order valence-corrected chi connectivity index (χ1v) is 9.37. The Hall–Kier alpha value is -2.65. The Bertz CT molecular complexity index is 949. The number of aromatic nitrogens is 4. The maximum absolute atomic E-state index is 13.7. The molecule has 148 valence electrons. The molecule has 3 aromatic rings. The predicted octanol–water partition coefficient (Wildman–Crippen LogP) is 2.57. The number of benzene rings is 1. The second-order valence-corrected chi connectivity index (χ2v) is 6.90.